The summed E-state index contributed by atoms with van der Waals surface area (Å²) in [6, 6.07) is 9.71. The molecule has 27 heavy (non-hydrogen) atoms. The molecule has 6 nitrogen and oxygen atoms in total. The lowest BCUT2D eigenvalue weighted by molar-refractivity contribution is -0.140. The molecular weight excluding hydrogens is 361 g/mol. The second-order valence-electron chi connectivity index (χ2n) is 5.90. The first-order valence-corrected chi connectivity index (χ1v) is 7.95. The van der Waals surface area contributed by atoms with Gasteiger partial charge in [0.15, 0.2) is 5.82 Å². The summed E-state index contributed by atoms with van der Waals surface area (Å²) in [7, 11) is 1.51. The molecule has 0 unspecified atom stereocenters. The molecule has 0 aliphatic rings. The fourth-order valence-corrected chi connectivity index (χ4v) is 3.08. The van der Waals surface area contributed by atoms with E-state index in [0.29, 0.717) is 22.5 Å². The first-order chi connectivity index (χ1) is 12.9. The Kier molecular flexibility index (Phi) is 3.87. The van der Waals surface area contributed by atoms with Crippen LogP contribution < -0.4 is 10.3 Å². The maximum atomic E-state index is 13.0. The van der Waals surface area contributed by atoms with E-state index in [1.54, 1.807) is 30.3 Å². The Morgan fingerprint density at radius 1 is 1.15 bits per heavy atom. The molecule has 1 aromatic carbocycles. The molecule has 0 spiro atoms. The average Bonchev–Trinajstić information content (AvgIpc) is 3.10. The summed E-state index contributed by atoms with van der Waals surface area (Å²) in [6.07, 6.45) is -1.74. The van der Waals surface area contributed by atoms with E-state index in [0.717, 1.165) is 4.57 Å². The van der Waals surface area contributed by atoms with Crippen LogP contribution in [0.25, 0.3) is 27.6 Å². The molecule has 0 aliphatic carbocycles. The van der Waals surface area contributed by atoms with E-state index < -0.39 is 18.3 Å². The van der Waals surface area contributed by atoms with Crippen molar-refractivity contribution in [2.24, 2.45) is 0 Å². The first-order valence-electron chi connectivity index (χ1n) is 7.95. The van der Waals surface area contributed by atoms with E-state index in [2.05, 4.69) is 10.1 Å². The van der Waals surface area contributed by atoms with Crippen molar-refractivity contribution >= 4 is 21.8 Å². The van der Waals surface area contributed by atoms with E-state index in [4.69, 9.17) is 4.74 Å². The van der Waals surface area contributed by atoms with Crippen LogP contribution in [0.15, 0.2) is 53.6 Å². The number of alkyl halides is 3. The summed E-state index contributed by atoms with van der Waals surface area (Å²) in [5, 5.41) is 4.75. The molecule has 0 amide bonds. The zero-order valence-electron chi connectivity index (χ0n) is 14.1. The summed E-state index contributed by atoms with van der Waals surface area (Å²) in [5.74, 6) is 0.931. The predicted molar refractivity (Wildman–Crippen MR) is 93.2 cm³/mol. The molecular formula is C18H13F3N4O2. The molecule has 0 bridgehead atoms. The summed E-state index contributed by atoms with van der Waals surface area (Å²) < 4.78 is 46.3. The van der Waals surface area contributed by atoms with Crippen molar-refractivity contribution in [2.45, 2.75) is 12.7 Å². The van der Waals surface area contributed by atoms with Crippen molar-refractivity contribution < 1.29 is 17.9 Å². The number of hydrogen-bond donors (Lipinski definition) is 0. The first kappa shape index (κ1) is 17.1. The molecule has 138 valence electrons. The molecule has 4 aromatic rings. The standard InChI is InChI=1S/C18H13F3N4O2/c1-27-11-6-7-22-15(8-11)25-16-12-4-2-3-5-14(12)24(10-18(19,20)21)17(26)13(16)9-23-25/h2-9H,10H2,1H3. The lowest BCUT2D eigenvalue weighted by atomic mass is 10.1. The van der Waals surface area contributed by atoms with Gasteiger partial charge in [0.25, 0.3) is 5.56 Å². The van der Waals surface area contributed by atoms with Gasteiger partial charge in [-0.15, -0.1) is 0 Å². The zero-order chi connectivity index (χ0) is 19.2. The van der Waals surface area contributed by atoms with Crippen molar-refractivity contribution in [1.82, 2.24) is 19.3 Å². The van der Waals surface area contributed by atoms with Gasteiger partial charge in [-0.2, -0.15) is 18.3 Å². The Balaban J connectivity index is 2.08. The summed E-state index contributed by atoms with van der Waals surface area (Å²) in [5.41, 5.74) is -0.179. The van der Waals surface area contributed by atoms with E-state index in [1.807, 2.05) is 0 Å². The second kappa shape index (κ2) is 6.11. The van der Waals surface area contributed by atoms with Crippen LogP contribution in [-0.2, 0) is 6.54 Å². The molecule has 0 N–H and O–H groups in total. The monoisotopic (exact) mass is 374 g/mol. The van der Waals surface area contributed by atoms with Gasteiger partial charge < -0.3 is 4.74 Å². The van der Waals surface area contributed by atoms with Crippen LogP contribution >= 0.6 is 0 Å². The van der Waals surface area contributed by atoms with Crippen LogP contribution in [0.2, 0.25) is 0 Å². The minimum absolute atomic E-state index is 0.0857. The highest BCUT2D eigenvalue weighted by Crippen LogP contribution is 2.27. The zero-order valence-corrected chi connectivity index (χ0v) is 14.1. The van der Waals surface area contributed by atoms with E-state index >= 15 is 0 Å². The van der Waals surface area contributed by atoms with E-state index in [9.17, 15) is 18.0 Å². The van der Waals surface area contributed by atoms with Gasteiger partial charge in [-0.1, -0.05) is 18.2 Å². The number of halogens is 3. The molecule has 0 saturated carbocycles. The van der Waals surface area contributed by atoms with Crippen molar-refractivity contribution in [2.75, 3.05) is 7.11 Å². The molecule has 0 atom stereocenters. The van der Waals surface area contributed by atoms with Crippen LogP contribution in [0, 0.1) is 0 Å². The number of nitrogens with zero attached hydrogens (tertiary/aromatic N) is 4. The molecule has 0 fully saturated rings. The Bertz CT molecular complexity index is 1210. The Labute approximate surface area is 150 Å². The third-order valence-electron chi connectivity index (χ3n) is 4.20. The lowest BCUT2D eigenvalue weighted by Crippen LogP contribution is -2.28. The maximum absolute atomic E-state index is 13.0. The van der Waals surface area contributed by atoms with Crippen molar-refractivity contribution in [3.05, 3.63) is 59.1 Å². The molecule has 3 aromatic heterocycles. The molecule has 3 heterocycles. The minimum Gasteiger partial charge on any atom is -0.497 e. The molecule has 0 aliphatic heterocycles. The average molecular weight is 374 g/mol. The number of rotatable bonds is 3. The number of benzene rings is 1. The van der Waals surface area contributed by atoms with Gasteiger partial charge in [-0.3, -0.25) is 9.36 Å². The minimum atomic E-state index is -4.52. The van der Waals surface area contributed by atoms with Crippen LogP contribution in [0.3, 0.4) is 0 Å². The quantitative estimate of drug-likeness (QED) is 0.552. The number of hydrogen-bond acceptors (Lipinski definition) is 4. The molecule has 0 saturated heterocycles. The topological polar surface area (TPSA) is 61.9 Å². The number of para-hydroxylation sites is 1. The Hall–Kier alpha value is -3.36. The van der Waals surface area contributed by atoms with Gasteiger partial charge in [-0.05, 0) is 12.1 Å². The van der Waals surface area contributed by atoms with Crippen molar-refractivity contribution in [1.29, 1.82) is 0 Å². The SMILES string of the molecule is COc1ccnc(-n2ncc3c(=O)n(CC(F)(F)F)c4ccccc4c32)c1. The molecule has 0 radical (unpaired) electrons. The van der Waals surface area contributed by atoms with Gasteiger partial charge in [0.1, 0.15) is 12.3 Å². The number of ether oxygens (including phenoxy) is 1. The number of pyridine rings is 2. The fraction of sp³-hybridized carbons (Fsp3) is 0.167. The van der Waals surface area contributed by atoms with Gasteiger partial charge in [0, 0.05) is 17.6 Å². The van der Waals surface area contributed by atoms with E-state index in [-0.39, 0.29) is 10.9 Å². The van der Waals surface area contributed by atoms with Gasteiger partial charge >= 0.3 is 6.18 Å². The third-order valence-corrected chi connectivity index (χ3v) is 4.20. The maximum Gasteiger partial charge on any atom is 0.406 e. The number of aromatic nitrogens is 4. The lowest BCUT2D eigenvalue weighted by Gasteiger charge is -2.14. The van der Waals surface area contributed by atoms with Crippen molar-refractivity contribution in [3.8, 4) is 11.6 Å². The Morgan fingerprint density at radius 2 is 1.93 bits per heavy atom. The molecule has 9 heteroatoms. The molecule has 4 rings (SSSR count). The number of methoxy groups -OCH3 is 1. The summed E-state index contributed by atoms with van der Waals surface area (Å²) in [6.45, 7) is -1.37. The van der Waals surface area contributed by atoms with Crippen LogP contribution in [0.1, 0.15) is 0 Å². The fourth-order valence-electron chi connectivity index (χ4n) is 3.08. The van der Waals surface area contributed by atoms with Crippen LogP contribution in [0.5, 0.6) is 5.75 Å². The van der Waals surface area contributed by atoms with Gasteiger partial charge in [-0.25, -0.2) is 9.67 Å². The highest BCUT2D eigenvalue weighted by atomic mass is 19.4. The van der Waals surface area contributed by atoms with Crippen LogP contribution in [-0.4, -0.2) is 32.6 Å². The number of fused-ring (bicyclic) bond motifs is 3. The second-order valence-corrected chi connectivity index (χ2v) is 5.90. The summed E-state index contributed by atoms with van der Waals surface area (Å²) >= 11 is 0. The normalized spacial score (nSPS) is 12.0. The van der Waals surface area contributed by atoms with Gasteiger partial charge in [0.2, 0.25) is 0 Å². The van der Waals surface area contributed by atoms with Gasteiger partial charge in [0.05, 0.1) is 29.7 Å². The largest absolute Gasteiger partial charge is 0.497 e. The highest BCUT2D eigenvalue weighted by Gasteiger charge is 2.30. The predicted octanol–water partition coefficient (Wildman–Crippen LogP) is 3.31. The van der Waals surface area contributed by atoms with Crippen molar-refractivity contribution in [3.63, 3.8) is 0 Å². The Morgan fingerprint density at radius 3 is 2.67 bits per heavy atom. The van der Waals surface area contributed by atoms with Crippen LogP contribution in [0.4, 0.5) is 13.2 Å². The highest BCUT2D eigenvalue weighted by molar-refractivity contribution is 6.04. The smallest absolute Gasteiger partial charge is 0.406 e. The third kappa shape index (κ3) is 2.90. The van der Waals surface area contributed by atoms with E-state index in [1.165, 1.54) is 30.3 Å². The summed E-state index contributed by atoms with van der Waals surface area (Å²) in [4.78, 5) is 17.0.